The minimum atomic E-state index is -1.41. The summed E-state index contributed by atoms with van der Waals surface area (Å²) in [6.45, 7) is 3.44. The van der Waals surface area contributed by atoms with Crippen LogP contribution in [0.1, 0.15) is 47.0 Å². The van der Waals surface area contributed by atoms with Crippen LogP contribution in [0.25, 0.3) is 0 Å². The van der Waals surface area contributed by atoms with Crippen molar-refractivity contribution in [3.63, 3.8) is 0 Å². The molecule has 1 aliphatic rings. The van der Waals surface area contributed by atoms with E-state index < -0.39 is 28.6 Å². The number of pyridine rings is 1. The number of aromatic hydroxyl groups is 1. The average molecular weight is 294 g/mol. The standard InChI is InChI=1S/C14H18N2O5/c1-2-3-4-5-15-6-7-16-8-9(14(20)21)11(17)12(18)10(16)13(15)19/h8,18H,2-7H2,1H3,(H,20,21). The summed E-state index contributed by atoms with van der Waals surface area (Å²) in [5.41, 5.74) is -1.66. The van der Waals surface area contributed by atoms with Crippen LogP contribution >= 0.6 is 0 Å². The van der Waals surface area contributed by atoms with Gasteiger partial charge < -0.3 is 19.7 Å². The Labute approximate surface area is 121 Å². The van der Waals surface area contributed by atoms with Crippen molar-refractivity contribution in [1.29, 1.82) is 0 Å². The SMILES string of the molecule is CCCCCN1CCn2cc(C(=O)O)c(=O)c(O)c2C1=O. The van der Waals surface area contributed by atoms with Crippen LogP contribution in [0, 0.1) is 0 Å². The third-order valence-corrected chi connectivity index (χ3v) is 3.62. The number of hydrogen-bond acceptors (Lipinski definition) is 4. The van der Waals surface area contributed by atoms with Gasteiger partial charge in [0.2, 0.25) is 5.43 Å². The quantitative estimate of drug-likeness (QED) is 0.786. The van der Waals surface area contributed by atoms with Crippen molar-refractivity contribution in [3.05, 3.63) is 27.7 Å². The van der Waals surface area contributed by atoms with Crippen LogP contribution in [0.5, 0.6) is 5.75 Å². The highest BCUT2D eigenvalue weighted by Crippen LogP contribution is 2.20. The van der Waals surface area contributed by atoms with Crippen LogP contribution in [0.15, 0.2) is 11.0 Å². The molecule has 2 rings (SSSR count). The number of nitrogens with zero attached hydrogens (tertiary/aromatic N) is 2. The molecule has 0 aromatic carbocycles. The number of rotatable bonds is 5. The van der Waals surface area contributed by atoms with Gasteiger partial charge in [0.1, 0.15) is 5.56 Å². The normalized spacial score (nSPS) is 14.1. The van der Waals surface area contributed by atoms with Crippen LogP contribution in [0.3, 0.4) is 0 Å². The lowest BCUT2D eigenvalue weighted by molar-refractivity contribution is 0.0669. The molecule has 1 aliphatic heterocycles. The zero-order valence-electron chi connectivity index (χ0n) is 11.8. The van der Waals surface area contributed by atoms with Crippen molar-refractivity contribution < 1.29 is 19.8 Å². The number of carbonyl (C=O) groups is 2. The molecule has 7 heteroatoms. The molecule has 0 fully saturated rings. The van der Waals surface area contributed by atoms with Crippen molar-refractivity contribution in [1.82, 2.24) is 9.47 Å². The summed E-state index contributed by atoms with van der Waals surface area (Å²) >= 11 is 0. The smallest absolute Gasteiger partial charge is 0.341 e. The fraction of sp³-hybridized carbons (Fsp3) is 0.500. The summed E-state index contributed by atoms with van der Waals surface area (Å²) in [5, 5.41) is 18.8. The van der Waals surface area contributed by atoms with Gasteiger partial charge in [0, 0.05) is 25.8 Å². The Hall–Kier alpha value is -2.31. The molecule has 0 unspecified atom stereocenters. The minimum Gasteiger partial charge on any atom is -0.503 e. The second-order valence-corrected chi connectivity index (χ2v) is 5.07. The van der Waals surface area contributed by atoms with Crippen molar-refractivity contribution in [2.24, 2.45) is 0 Å². The zero-order chi connectivity index (χ0) is 15.6. The Morgan fingerprint density at radius 1 is 1.29 bits per heavy atom. The first kappa shape index (κ1) is 15.1. The molecule has 1 amide bonds. The Morgan fingerprint density at radius 3 is 2.62 bits per heavy atom. The predicted octanol–water partition coefficient (Wildman–Crippen LogP) is 0.898. The molecule has 0 radical (unpaired) electrons. The van der Waals surface area contributed by atoms with Gasteiger partial charge in [-0.1, -0.05) is 19.8 Å². The summed E-state index contributed by atoms with van der Waals surface area (Å²) in [6, 6.07) is 0. The van der Waals surface area contributed by atoms with Crippen LogP contribution in [0.2, 0.25) is 0 Å². The fourth-order valence-corrected chi connectivity index (χ4v) is 2.45. The molecule has 7 nitrogen and oxygen atoms in total. The van der Waals surface area contributed by atoms with Gasteiger partial charge in [-0.25, -0.2) is 4.79 Å². The largest absolute Gasteiger partial charge is 0.503 e. The van der Waals surface area contributed by atoms with Gasteiger partial charge in [0.25, 0.3) is 5.91 Å². The average Bonchev–Trinajstić information content (AvgIpc) is 2.44. The molecule has 0 bridgehead atoms. The van der Waals surface area contributed by atoms with E-state index in [0.29, 0.717) is 19.6 Å². The molecule has 21 heavy (non-hydrogen) atoms. The third-order valence-electron chi connectivity index (χ3n) is 3.62. The third kappa shape index (κ3) is 2.76. The summed E-state index contributed by atoms with van der Waals surface area (Å²) < 4.78 is 1.35. The van der Waals surface area contributed by atoms with Crippen molar-refractivity contribution >= 4 is 11.9 Å². The number of hydrogen-bond donors (Lipinski definition) is 2. The molecule has 0 spiro atoms. The Morgan fingerprint density at radius 2 is 2.00 bits per heavy atom. The second kappa shape index (κ2) is 5.99. The number of unbranched alkanes of at least 4 members (excludes halogenated alkanes) is 2. The molecule has 1 aromatic heterocycles. The first-order chi connectivity index (χ1) is 9.97. The highest BCUT2D eigenvalue weighted by atomic mass is 16.4. The maximum absolute atomic E-state index is 12.3. The lowest BCUT2D eigenvalue weighted by atomic mass is 10.1. The highest BCUT2D eigenvalue weighted by Gasteiger charge is 2.30. The minimum absolute atomic E-state index is 0.118. The van der Waals surface area contributed by atoms with E-state index in [1.54, 1.807) is 4.90 Å². The van der Waals surface area contributed by atoms with Gasteiger partial charge in [0.15, 0.2) is 11.4 Å². The zero-order valence-corrected chi connectivity index (χ0v) is 11.8. The summed E-state index contributed by atoms with van der Waals surface area (Å²) in [6.07, 6.45) is 4.02. The molecular weight excluding hydrogens is 276 g/mol. The van der Waals surface area contributed by atoms with Gasteiger partial charge >= 0.3 is 5.97 Å². The summed E-state index contributed by atoms with van der Waals surface area (Å²) in [7, 11) is 0. The van der Waals surface area contributed by atoms with Gasteiger partial charge in [-0.2, -0.15) is 0 Å². The van der Waals surface area contributed by atoms with Crippen LogP contribution in [0.4, 0.5) is 0 Å². The maximum Gasteiger partial charge on any atom is 0.341 e. The second-order valence-electron chi connectivity index (χ2n) is 5.07. The molecule has 0 atom stereocenters. The molecule has 1 aromatic rings. The monoisotopic (exact) mass is 294 g/mol. The number of carboxylic acids is 1. The number of carboxylic acid groups (broad SMARTS) is 1. The number of aromatic carboxylic acids is 1. The van der Waals surface area contributed by atoms with Crippen molar-refractivity contribution in [2.45, 2.75) is 32.7 Å². The van der Waals surface area contributed by atoms with Crippen molar-refractivity contribution in [2.75, 3.05) is 13.1 Å². The Balaban J connectivity index is 2.36. The molecule has 0 saturated heterocycles. The number of fused-ring (bicyclic) bond motifs is 1. The van der Waals surface area contributed by atoms with E-state index in [1.807, 2.05) is 0 Å². The predicted molar refractivity (Wildman–Crippen MR) is 74.8 cm³/mol. The van der Waals surface area contributed by atoms with E-state index in [1.165, 1.54) is 4.57 Å². The maximum atomic E-state index is 12.3. The molecular formula is C14H18N2O5. The molecule has 0 aliphatic carbocycles. The van der Waals surface area contributed by atoms with E-state index in [2.05, 4.69) is 6.92 Å². The van der Waals surface area contributed by atoms with E-state index in [-0.39, 0.29) is 5.69 Å². The van der Waals surface area contributed by atoms with Gasteiger partial charge in [-0.3, -0.25) is 9.59 Å². The number of amides is 1. The molecule has 2 N–H and O–H groups in total. The van der Waals surface area contributed by atoms with Gasteiger partial charge in [-0.15, -0.1) is 0 Å². The highest BCUT2D eigenvalue weighted by molar-refractivity contribution is 5.97. The van der Waals surface area contributed by atoms with Crippen LogP contribution in [-0.2, 0) is 6.54 Å². The Kier molecular flexibility index (Phi) is 4.30. The summed E-state index contributed by atoms with van der Waals surface area (Å²) in [5.74, 6) is -2.62. The molecule has 2 heterocycles. The van der Waals surface area contributed by atoms with Crippen LogP contribution in [-0.4, -0.2) is 44.6 Å². The Bertz CT molecular complexity index is 635. The van der Waals surface area contributed by atoms with Gasteiger partial charge in [0.05, 0.1) is 0 Å². The first-order valence-corrected chi connectivity index (χ1v) is 6.96. The van der Waals surface area contributed by atoms with E-state index in [0.717, 1.165) is 25.5 Å². The number of aromatic nitrogens is 1. The van der Waals surface area contributed by atoms with Crippen molar-refractivity contribution in [3.8, 4) is 5.75 Å². The fourth-order valence-electron chi connectivity index (χ4n) is 2.45. The van der Waals surface area contributed by atoms with E-state index in [9.17, 15) is 19.5 Å². The lowest BCUT2D eigenvalue weighted by Crippen LogP contribution is -2.42. The molecule has 114 valence electrons. The van der Waals surface area contributed by atoms with E-state index >= 15 is 0 Å². The van der Waals surface area contributed by atoms with Gasteiger partial charge in [-0.05, 0) is 6.42 Å². The molecule has 0 saturated carbocycles. The number of carbonyl (C=O) groups excluding carboxylic acids is 1. The topological polar surface area (TPSA) is 99.8 Å². The first-order valence-electron chi connectivity index (χ1n) is 6.96. The van der Waals surface area contributed by atoms with E-state index in [4.69, 9.17) is 5.11 Å². The summed E-state index contributed by atoms with van der Waals surface area (Å²) in [4.78, 5) is 36.7. The lowest BCUT2D eigenvalue weighted by Gasteiger charge is -2.30. The van der Waals surface area contributed by atoms with Crippen LogP contribution < -0.4 is 5.43 Å².